The molecule has 2 heterocycles. The summed E-state index contributed by atoms with van der Waals surface area (Å²) in [5.74, 6) is -0.162. The van der Waals surface area contributed by atoms with E-state index >= 15 is 0 Å². The quantitative estimate of drug-likeness (QED) is 0.292. The molecule has 4 aliphatic rings. The number of carbonyl (C=O) groups is 3. The zero-order valence-corrected chi connectivity index (χ0v) is 28.4. The highest BCUT2D eigenvalue weighted by Crippen LogP contribution is 2.58. The summed E-state index contributed by atoms with van der Waals surface area (Å²) in [5, 5.41) is 13.8. The molecular weight excluding hydrogens is 578 g/mol. The van der Waals surface area contributed by atoms with E-state index in [0.717, 1.165) is 56.9 Å². The second-order valence-corrected chi connectivity index (χ2v) is 16.3. The Hall–Kier alpha value is -3.20. The van der Waals surface area contributed by atoms with Gasteiger partial charge < -0.3 is 20.7 Å². The molecular formula is C37H53N5O4. The van der Waals surface area contributed by atoms with E-state index in [1.165, 1.54) is 6.42 Å². The van der Waals surface area contributed by atoms with Gasteiger partial charge in [-0.15, -0.1) is 0 Å². The van der Waals surface area contributed by atoms with E-state index in [-0.39, 0.29) is 34.5 Å². The first-order chi connectivity index (χ1) is 21.8. The number of hydrogen-bond acceptors (Lipinski definition) is 5. The van der Waals surface area contributed by atoms with Crippen LogP contribution in [-0.2, 0) is 26.8 Å². The Morgan fingerprint density at radius 1 is 1.00 bits per heavy atom. The number of aromatic nitrogens is 2. The molecule has 9 nitrogen and oxygen atoms in total. The summed E-state index contributed by atoms with van der Waals surface area (Å²) in [6, 6.07) is 8.64. The van der Waals surface area contributed by atoms with E-state index in [4.69, 9.17) is 4.74 Å². The third-order valence-corrected chi connectivity index (χ3v) is 12.1. The van der Waals surface area contributed by atoms with Gasteiger partial charge in [0.25, 0.3) is 5.91 Å². The lowest BCUT2D eigenvalue weighted by molar-refractivity contribution is -0.127. The van der Waals surface area contributed by atoms with Crippen molar-refractivity contribution in [3.05, 3.63) is 47.8 Å². The number of nitrogens with zero attached hydrogens (tertiary/aromatic N) is 2. The van der Waals surface area contributed by atoms with Gasteiger partial charge in [-0.2, -0.15) is 5.10 Å². The monoisotopic (exact) mass is 631 g/mol. The van der Waals surface area contributed by atoms with Crippen molar-refractivity contribution in [1.29, 1.82) is 0 Å². The predicted octanol–water partition coefficient (Wildman–Crippen LogP) is 5.75. The lowest BCUT2D eigenvalue weighted by Crippen LogP contribution is -2.53. The summed E-state index contributed by atoms with van der Waals surface area (Å²) in [5.41, 5.74) is 1.55. The maximum Gasteiger partial charge on any atom is 0.270 e. The van der Waals surface area contributed by atoms with Crippen molar-refractivity contribution in [2.45, 2.75) is 103 Å². The highest BCUT2D eigenvalue weighted by Gasteiger charge is 2.54. The minimum atomic E-state index is -0.799. The van der Waals surface area contributed by atoms with Gasteiger partial charge in [-0.1, -0.05) is 46.2 Å². The molecule has 4 fully saturated rings. The van der Waals surface area contributed by atoms with Gasteiger partial charge in [-0.25, -0.2) is 0 Å². The number of ether oxygens (including phenoxy) is 1. The molecule has 250 valence electrons. The fourth-order valence-electron chi connectivity index (χ4n) is 8.32. The fourth-order valence-corrected chi connectivity index (χ4v) is 8.32. The topological polar surface area (TPSA) is 114 Å². The number of anilines is 1. The van der Waals surface area contributed by atoms with E-state index in [2.05, 4.69) is 48.7 Å². The molecule has 3 aliphatic carbocycles. The van der Waals surface area contributed by atoms with Crippen molar-refractivity contribution in [3.8, 4) is 0 Å². The van der Waals surface area contributed by atoms with Gasteiger partial charge in [-0.05, 0) is 110 Å². The Kier molecular flexibility index (Phi) is 8.85. The fraction of sp³-hybridized carbons (Fsp3) is 0.676. The average Bonchev–Trinajstić information content (AvgIpc) is 3.36. The third-order valence-electron chi connectivity index (χ3n) is 12.1. The number of amides is 3. The summed E-state index contributed by atoms with van der Waals surface area (Å²) in [6.45, 7) is 10.7. The molecule has 3 amide bonds. The summed E-state index contributed by atoms with van der Waals surface area (Å²) in [7, 11) is 1.74. The lowest BCUT2D eigenvalue weighted by Gasteiger charge is -2.43. The molecule has 3 saturated carbocycles. The number of hydrogen-bond donors (Lipinski definition) is 3. The largest absolute Gasteiger partial charge is 0.380 e. The average molecular weight is 632 g/mol. The molecule has 1 aromatic heterocycles. The predicted molar refractivity (Wildman–Crippen MR) is 178 cm³/mol. The van der Waals surface area contributed by atoms with Crippen LogP contribution in [0.15, 0.2) is 36.5 Å². The zero-order valence-electron chi connectivity index (χ0n) is 28.4. The van der Waals surface area contributed by atoms with Gasteiger partial charge in [0.05, 0.1) is 12.0 Å². The minimum absolute atomic E-state index is 0.00382. The van der Waals surface area contributed by atoms with Crippen LogP contribution in [-0.4, -0.2) is 53.3 Å². The zero-order chi connectivity index (χ0) is 32.7. The van der Waals surface area contributed by atoms with Gasteiger partial charge in [0.1, 0.15) is 11.7 Å². The Morgan fingerprint density at radius 2 is 1.74 bits per heavy atom. The van der Waals surface area contributed by atoms with Gasteiger partial charge in [-0.3, -0.25) is 19.1 Å². The Balaban J connectivity index is 1.26. The summed E-state index contributed by atoms with van der Waals surface area (Å²) >= 11 is 0. The van der Waals surface area contributed by atoms with Crippen LogP contribution in [0.4, 0.5) is 5.69 Å². The molecule has 3 N–H and O–H groups in total. The highest BCUT2D eigenvalue weighted by atomic mass is 16.5. The Labute approximate surface area is 274 Å². The maximum absolute atomic E-state index is 14.4. The molecule has 1 aromatic carbocycles. The van der Waals surface area contributed by atoms with Crippen molar-refractivity contribution in [2.75, 3.05) is 25.1 Å². The van der Waals surface area contributed by atoms with Crippen LogP contribution in [0, 0.1) is 28.1 Å². The van der Waals surface area contributed by atoms with Crippen LogP contribution in [0.25, 0.3) is 0 Å². The van der Waals surface area contributed by atoms with Crippen LogP contribution < -0.4 is 16.0 Å². The van der Waals surface area contributed by atoms with Gasteiger partial charge >= 0.3 is 0 Å². The molecule has 9 heteroatoms. The van der Waals surface area contributed by atoms with E-state index in [1.54, 1.807) is 24.0 Å². The first-order valence-corrected chi connectivity index (χ1v) is 17.4. The highest BCUT2D eigenvalue weighted by molar-refractivity contribution is 6.01. The van der Waals surface area contributed by atoms with E-state index in [1.807, 2.05) is 24.3 Å². The number of carbonyl (C=O) groups excluding carboxylic acids is 3. The van der Waals surface area contributed by atoms with Crippen molar-refractivity contribution in [2.24, 2.45) is 35.1 Å². The van der Waals surface area contributed by atoms with Crippen LogP contribution >= 0.6 is 0 Å². The van der Waals surface area contributed by atoms with Crippen molar-refractivity contribution in [1.82, 2.24) is 20.4 Å². The Bertz CT molecular complexity index is 1440. The first-order valence-electron chi connectivity index (χ1n) is 17.4. The van der Waals surface area contributed by atoms with E-state index < -0.39 is 11.5 Å². The number of nitrogens with one attached hydrogen (secondary N) is 3. The summed E-state index contributed by atoms with van der Waals surface area (Å²) < 4.78 is 7.36. The Morgan fingerprint density at radius 3 is 2.33 bits per heavy atom. The number of benzene rings is 1. The molecule has 46 heavy (non-hydrogen) atoms. The second kappa shape index (κ2) is 12.4. The molecule has 1 aliphatic heterocycles. The van der Waals surface area contributed by atoms with Crippen molar-refractivity contribution in [3.63, 3.8) is 0 Å². The van der Waals surface area contributed by atoms with E-state index in [0.29, 0.717) is 48.9 Å². The van der Waals surface area contributed by atoms with Crippen LogP contribution in [0.1, 0.15) is 108 Å². The smallest absolute Gasteiger partial charge is 0.270 e. The molecule has 1 saturated heterocycles. The standard InChI is InChI=1S/C37H53N5O4/c1-34(2)15-10-25(11-16-34)29(36(4)17-18-36)30(41-31(43)28-12-20-39-42(28)5)32(44)40-27-9-6-8-26(22-27)37(19-21-46-24-37)33(45)38-23-35(3)13-7-14-35/h6,8-9,12,20,22,25,29-30H,7,10-11,13-19,21,23-24H2,1-5H3,(H,38,45)(H,40,44)(H,41,43)/t29?,30-,37?/m0/s1. The third kappa shape index (κ3) is 6.62. The molecule has 2 unspecified atom stereocenters. The SMILES string of the molecule is Cn1nccc1C(=O)N[C@H](C(=O)Nc1cccc(C2(C(=O)NCC3(C)CCC3)CCOC2)c1)C(C1CCC(C)(C)CC1)C1(C)CC1. The lowest BCUT2D eigenvalue weighted by atomic mass is 9.64. The molecule has 0 spiro atoms. The minimum Gasteiger partial charge on any atom is -0.380 e. The van der Waals surface area contributed by atoms with Gasteiger partial charge in [0.15, 0.2) is 0 Å². The normalized spacial score (nSPS) is 25.9. The molecule has 2 aromatic rings. The van der Waals surface area contributed by atoms with Crippen LogP contribution in [0.3, 0.4) is 0 Å². The first kappa shape index (κ1) is 32.7. The number of aryl methyl sites for hydroxylation is 1. The van der Waals surface area contributed by atoms with Gasteiger partial charge in [0, 0.05) is 32.1 Å². The second-order valence-electron chi connectivity index (χ2n) is 16.3. The molecule has 6 rings (SSSR count). The van der Waals surface area contributed by atoms with Crippen molar-refractivity contribution < 1.29 is 19.1 Å². The molecule has 0 bridgehead atoms. The maximum atomic E-state index is 14.4. The summed E-state index contributed by atoms with van der Waals surface area (Å²) in [4.78, 5) is 41.8. The van der Waals surface area contributed by atoms with Gasteiger partial charge in [0.2, 0.25) is 11.8 Å². The summed E-state index contributed by atoms with van der Waals surface area (Å²) in [6.07, 6.45) is 12.1. The van der Waals surface area contributed by atoms with Crippen LogP contribution in [0.2, 0.25) is 0 Å². The van der Waals surface area contributed by atoms with Crippen molar-refractivity contribution >= 4 is 23.4 Å². The van der Waals surface area contributed by atoms with E-state index in [9.17, 15) is 14.4 Å². The molecule has 3 atom stereocenters. The number of rotatable bonds is 11. The van der Waals surface area contributed by atoms with Crippen LogP contribution in [0.5, 0.6) is 0 Å². The molecule has 0 radical (unpaired) electrons.